The average molecular weight is 251 g/mol. The van der Waals surface area contributed by atoms with Crippen molar-refractivity contribution in [1.82, 2.24) is 0 Å². The molecule has 0 aliphatic heterocycles. The van der Waals surface area contributed by atoms with E-state index in [1.807, 2.05) is 6.07 Å². The zero-order valence-electron chi connectivity index (χ0n) is 9.64. The van der Waals surface area contributed by atoms with Crippen LogP contribution in [0.3, 0.4) is 0 Å². The van der Waals surface area contributed by atoms with Crippen molar-refractivity contribution in [2.75, 3.05) is 0 Å². The van der Waals surface area contributed by atoms with Crippen LogP contribution < -0.4 is 0 Å². The molecule has 0 radical (unpaired) electrons. The van der Waals surface area contributed by atoms with Gasteiger partial charge in [0.25, 0.3) is 0 Å². The van der Waals surface area contributed by atoms with E-state index >= 15 is 0 Å². The van der Waals surface area contributed by atoms with Crippen molar-refractivity contribution >= 4 is 16.8 Å². The van der Waals surface area contributed by atoms with Crippen LogP contribution in [0.1, 0.15) is 25.0 Å². The van der Waals surface area contributed by atoms with E-state index in [0.29, 0.717) is 5.56 Å². The summed E-state index contributed by atoms with van der Waals surface area (Å²) in [5, 5.41) is 17.6. The Hall–Kier alpha value is -1.67. The Bertz CT molecular complexity index is 485. The minimum Gasteiger partial charge on any atom is -0.480 e. The van der Waals surface area contributed by atoms with Crippen LogP contribution in [0, 0.1) is 11.3 Å². The average Bonchev–Trinajstić information content (AvgIpc) is 2.29. The van der Waals surface area contributed by atoms with Gasteiger partial charge in [0.05, 0.1) is 11.6 Å². The van der Waals surface area contributed by atoms with E-state index in [9.17, 15) is 9.00 Å². The summed E-state index contributed by atoms with van der Waals surface area (Å²) in [4.78, 5) is 10.9. The molecule has 1 N–H and O–H groups in total. The number of carbonyl (C=O) groups is 1. The maximum atomic E-state index is 11.9. The van der Waals surface area contributed by atoms with E-state index in [1.54, 1.807) is 24.3 Å². The summed E-state index contributed by atoms with van der Waals surface area (Å²) in [5.74, 6) is -0.908. The Balaban J connectivity index is 2.82. The van der Waals surface area contributed by atoms with Gasteiger partial charge in [-0.15, -0.1) is 0 Å². The van der Waals surface area contributed by atoms with Gasteiger partial charge in [-0.3, -0.25) is 9.00 Å². The molecule has 0 amide bonds. The van der Waals surface area contributed by atoms with Crippen LogP contribution in [0.25, 0.3) is 0 Å². The van der Waals surface area contributed by atoms with Gasteiger partial charge in [0, 0.05) is 16.6 Å². The first kappa shape index (κ1) is 13.4. The number of benzene rings is 1. The topological polar surface area (TPSA) is 78.2 Å². The van der Waals surface area contributed by atoms with Gasteiger partial charge in [0.1, 0.15) is 4.75 Å². The smallest absolute Gasteiger partial charge is 0.321 e. The standard InChI is InChI=1S/C12H13NO3S/c1-12(2,11(14)15)17(16)8-10-5-3-9(7-13)4-6-10/h3-6H,8H2,1-2H3,(H,14,15). The summed E-state index contributed by atoms with van der Waals surface area (Å²) < 4.78 is 10.6. The molecule has 0 bridgehead atoms. The number of hydrogen-bond acceptors (Lipinski definition) is 3. The molecular formula is C12H13NO3S. The number of nitrogens with zero attached hydrogens (tertiary/aromatic N) is 1. The van der Waals surface area contributed by atoms with Crippen LogP contribution in [0.2, 0.25) is 0 Å². The van der Waals surface area contributed by atoms with Crippen molar-refractivity contribution in [3.8, 4) is 6.07 Å². The molecule has 5 heteroatoms. The molecule has 0 aliphatic rings. The molecule has 0 heterocycles. The first-order chi connectivity index (χ1) is 7.87. The minimum absolute atomic E-state index is 0.172. The number of aliphatic carboxylic acids is 1. The van der Waals surface area contributed by atoms with Crippen LogP contribution in [-0.4, -0.2) is 20.0 Å². The molecule has 1 aromatic carbocycles. The Labute approximate surface area is 102 Å². The van der Waals surface area contributed by atoms with E-state index in [2.05, 4.69) is 0 Å². The molecule has 0 saturated carbocycles. The number of nitriles is 1. The largest absolute Gasteiger partial charge is 0.480 e. The van der Waals surface area contributed by atoms with Crippen molar-refractivity contribution in [1.29, 1.82) is 5.26 Å². The van der Waals surface area contributed by atoms with E-state index in [-0.39, 0.29) is 5.75 Å². The fourth-order valence-electron chi connectivity index (χ4n) is 1.10. The molecule has 0 aromatic heterocycles. The van der Waals surface area contributed by atoms with E-state index in [1.165, 1.54) is 13.8 Å². The molecule has 4 nitrogen and oxygen atoms in total. The molecule has 17 heavy (non-hydrogen) atoms. The SMILES string of the molecule is CC(C)(C(=O)O)S(=O)Cc1ccc(C#N)cc1. The molecule has 1 atom stereocenters. The molecule has 0 aliphatic carbocycles. The molecule has 1 rings (SSSR count). The fraction of sp³-hybridized carbons (Fsp3) is 0.333. The van der Waals surface area contributed by atoms with Gasteiger partial charge in [0.15, 0.2) is 0 Å². The molecule has 1 aromatic rings. The summed E-state index contributed by atoms with van der Waals surface area (Å²) >= 11 is 0. The minimum atomic E-state index is -1.50. The summed E-state index contributed by atoms with van der Waals surface area (Å²) in [6.45, 7) is 2.88. The number of hydrogen-bond donors (Lipinski definition) is 1. The van der Waals surface area contributed by atoms with Crippen LogP contribution in [0.5, 0.6) is 0 Å². The quantitative estimate of drug-likeness (QED) is 0.882. The van der Waals surface area contributed by atoms with Crippen LogP contribution in [0.15, 0.2) is 24.3 Å². The van der Waals surface area contributed by atoms with Crippen molar-refractivity contribution in [2.45, 2.75) is 24.3 Å². The lowest BCUT2D eigenvalue weighted by Crippen LogP contribution is -2.37. The number of rotatable bonds is 4. The lowest BCUT2D eigenvalue weighted by Gasteiger charge is -2.18. The van der Waals surface area contributed by atoms with Crippen LogP contribution in [-0.2, 0) is 21.3 Å². The second-order valence-corrected chi connectivity index (χ2v) is 6.11. The zero-order chi connectivity index (χ0) is 13.1. The van der Waals surface area contributed by atoms with Gasteiger partial charge < -0.3 is 5.11 Å². The third kappa shape index (κ3) is 3.14. The summed E-state index contributed by atoms with van der Waals surface area (Å²) in [5.41, 5.74) is 1.29. The summed E-state index contributed by atoms with van der Waals surface area (Å²) in [6.07, 6.45) is 0. The third-order valence-corrected chi connectivity index (χ3v) is 4.37. The number of carboxylic acids is 1. The monoisotopic (exact) mass is 251 g/mol. The Morgan fingerprint density at radius 1 is 1.41 bits per heavy atom. The predicted octanol–water partition coefficient (Wildman–Crippen LogP) is 1.67. The Morgan fingerprint density at radius 2 is 1.94 bits per heavy atom. The van der Waals surface area contributed by atoms with Crippen LogP contribution >= 0.6 is 0 Å². The maximum Gasteiger partial charge on any atom is 0.321 e. The number of carboxylic acid groups (broad SMARTS) is 1. The molecule has 0 saturated heterocycles. The highest BCUT2D eigenvalue weighted by Gasteiger charge is 2.34. The van der Waals surface area contributed by atoms with Gasteiger partial charge in [0.2, 0.25) is 0 Å². The van der Waals surface area contributed by atoms with Crippen LogP contribution in [0.4, 0.5) is 0 Å². The van der Waals surface area contributed by atoms with Gasteiger partial charge >= 0.3 is 5.97 Å². The maximum absolute atomic E-state index is 11.9. The van der Waals surface area contributed by atoms with Gasteiger partial charge in [-0.1, -0.05) is 12.1 Å². The third-order valence-electron chi connectivity index (χ3n) is 2.47. The highest BCUT2D eigenvalue weighted by atomic mass is 32.2. The Morgan fingerprint density at radius 3 is 2.35 bits per heavy atom. The molecular weight excluding hydrogens is 238 g/mol. The summed E-state index contributed by atoms with van der Waals surface area (Å²) in [6, 6.07) is 8.61. The van der Waals surface area contributed by atoms with Crippen molar-refractivity contribution in [2.24, 2.45) is 0 Å². The zero-order valence-corrected chi connectivity index (χ0v) is 10.5. The van der Waals surface area contributed by atoms with Gasteiger partial charge in [-0.2, -0.15) is 5.26 Å². The second kappa shape index (κ2) is 5.11. The summed E-state index contributed by atoms with van der Waals surface area (Å²) in [7, 11) is -1.50. The van der Waals surface area contributed by atoms with E-state index in [4.69, 9.17) is 10.4 Å². The molecule has 0 fully saturated rings. The first-order valence-corrected chi connectivity index (χ1v) is 6.30. The normalized spacial score (nSPS) is 12.8. The second-order valence-electron chi connectivity index (χ2n) is 4.11. The predicted molar refractivity (Wildman–Crippen MR) is 64.7 cm³/mol. The molecule has 90 valence electrons. The van der Waals surface area contributed by atoms with Crippen molar-refractivity contribution < 1.29 is 14.1 Å². The van der Waals surface area contributed by atoms with Crippen molar-refractivity contribution in [3.05, 3.63) is 35.4 Å². The van der Waals surface area contributed by atoms with Crippen molar-refractivity contribution in [3.63, 3.8) is 0 Å². The molecule has 1 unspecified atom stereocenters. The highest BCUT2D eigenvalue weighted by molar-refractivity contribution is 7.86. The fourth-order valence-corrected chi connectivity index (χ4v) is 2.16. The lowest BCUT2D eigenvalue weighted by atomic mass is 10.2. The van der Waals surface area contributed by atoms with Gasteiger partial charge in [-0.25, -0.2) is 0 Å². The van der Waals surface area contributed by atoms with E-state index in [0.717, 1.165) is 5.56 Å². The molecule has 0 spiro atoms. The van der Waals surface area contributed by atoms with Gasteiger partial charge in [-0.05, 0) is 31.5 Å². The highest BCUT2D eigenvalue weighted by Crippen LogP contribution is 2.17. The Kier molecular flexibility index (Phi) is 4.02. The lowest BCUT2D eigenvalue weighted by molar-refractivity contribution is -0.139. The van der Waals surface area contributed by atoms with E-state index < -0.39 is 21.5 Å². The first-order valence-electron chi connectivity index (χ1n) is 4.99.